The minimum absolute atomic E-state index is 0.00566. The summed E-state index contributed by atoms with van der Waals surface area (Å²) in [6, 6.07) is 19.5. The number of halogens is 1. The van der Waals surface area contributed by atoms with Crippen LogP contribution in [0.5, 0.6) is 5.75 Å². The summed E-state index contributed by atoms with van der Waals surface area (Å²) in [6.07, 6.45) is 0. The van der Waals surface area contributed by atoms with Crippen molar-refractivity contribution in [3.63, 3.8) is 0 Å². The van der Waals surface area contributed by atoms with Gasteiger partial charge in [-0.2, -0.15) is 0 Å². The lowest BCUT2D eigenvalue weighted by Crippen LogP contribution is -2.29. The van der Waals surface area contributed by atoms with Crippen LogP contribution in [0, 0.1) is 5.82 Å². The van der Waals surface area contributed by atoms with Gasteiger partial charge in [0.1, 0.15) is 23.1 Å². The molecule has 0 saturated carbocycles. The molecule has 0 atom stereocenters. The Morgan fingerprint density at radius 3 is 2.28 bits per heavy atom. The molecule has 0 aromatic heterocycles. The number of nitrogens with one attached hydrogen (secondary N) is 1. The maximum Gasteiger partial charge on any atom is 0.243 e. The van der Waals surface area contributed by atoms with Crippen molar-refractivity contribution in [2.45, 2.75) is 4.90 Å². The third kappa shape index (κ3) is 5.18. The molecule has 0 saturated heterocycles. The first kappa shape index (κ1) is 20.5. The summed E-state index contributed by atoms with van der Waals surface area (Å²) in [7, 11) is -4.24. The monoisotopic (exact) mass is 414 g/mol. The van der Waals surface area contributed by atoms with Gasteiger partial charge in [0.2, 0.25) is 10.0 Å². The normalized spacial score (nSPS) is 11.2. The molecule has 29 heavy (non-hydrogen) atoms. The highest BCUT2D eigenvalue weighted by Crippen LogP contribution is 2.22. The Morgan fingerprint density at radius 2 is 1.62 bits per heavy atom. The summed E-state index contributed by atoms with van der Waals surface area (Å²) < 4.78 is 45.9. The molecule has 0 aliphatic heterocycles. The first-order valence-corrected chi connectivity index (χ1v) is 10.1. The molecular formula is C21H17FNO5S-. The summed E-state index contributed by atoms with van der Waals surface area (Å²) in [6.45, 7) is -0.122. The molecule has 150 valence electrons. The van der Waals surface area contributed by atoms with Crippen LogP contribution >= 0.6 is 0 Å². The van der Waals surface area contributed by atoms with E-state index in [1.54, 1.807) is 12.1 Å². The number of hydrogen-bond donors (Lipinski definition) is 1. The highest BCUT2D eigenvalue weighted by atomic mass is 32.2. The smallest absolute Gasteiger partial charge is 0.243 e. The van der Waals surface area contributed by atoms with Gasteiger partial charge in [0.05, 0.1) is 5.97 Å². The Bertz CT molecular complexity index is 1100. The zero-order valence-electron chi connectivity index (χ0n) is 15.2. The van der Waals surface area contributed by atoms with Crippen molar-refractivity contribution in [1.29, 1.82) is 0 Å². The molecule has 3 rings (SSSR count). The summed E-state index contributed by atoms with van der Waals surface area (Å²) in [5.74, 6) is -2.10. The van der Waals surface area contributed by atoms with Crippen molar-refractivity contribution in [2.24, 2.45) is 0 Å². The summed E-state index contributed by atoms with van der Waals surface area (Å²) in [4.78, 5) is 10.1. The van der Waals surface area contributed by atoms with E-state index in [-0.39, 0.29) is 13.2 Å². The number of benzene rings is 3. The second-order valence-corrected chi connectivity index (χ2v) is 7.80. The van der Waals surface area contributed by atoms with Gasteiger partial charge in [-0.1, -0.05) is 48.5 Å². The number of rotatable bonds is 8. The number of carbonyl (C=O) groups is 1. The molecule has 0 unspecified atom stereocenters. The van der Waals surface area contributed by atoms with Crippen LogP contribution in [0.3, 0.4) is 0 Å². The van der Waals surface area contributed by atoms with Gasteiger partial charge in [-0.05, 0) is 41.0 Å². The minimum Gasteiger partial charge on any atom is -0.545 e. The Kier molecular flexibility index (Phi) is 6.26. The van der Waals surface area contributed by atoms with Crippen LogP contribution in [-0.4, -0.2) is 27.5 Å². The largest absolute Gasteiger partial charge is 0.545 e. The van der Waals surface area contributed by atoms with Gasteiger partial charge in [-0.25, -0.2) is 17.5 Å². The van der Waals surface area contributed by atoms with E-state index in [1.165, 1.54) is 0 Å². The molecule has 3 aromatic carbocycles. The molecule has 3 aromatic rings. The Balaban J connectivity index is 1.57. The number of carbonyl (C=O) groups excluding carboxylic acids is 1. The van der Waals surface area contributed by atoms with Gasteiger partial charge >= 0.3 is 0 Å². The van der Waals surface area contributed by atoms with Crippen LogP contribution in [0.25, 0.3) is 11.1 Å². The van der Waals surface area contributed by atoms with Gasteiger partial charge in [0, 0.05) is 6.54 Å². The van der Waals surface area contributed by atoms with E-state index in [9.17, 15) is 22.7 Å². The first-order chi connectivity index (χ1) is 13.9. The molecule has 8 heteroatoms. The molecule has 0 aliphatic carbocycles. The zero-order chi connectivity index (χ0) is 20.9. The standard InChI is InChI=1S/C21H18FNO5S/c22-19-11-8-17(21(24)25)14-20(19)29(26,27)23-12-13-28-18-9-6-16(7-10-18)15-4-2-1-3-5-15/h1-11,14,23H,12-13H2,(H,24,25)/p-1. The number of hydrogen-bond acceptors (Lipinski definition) is 5. The van der Waals surface area contributed by atoms with Crippen LogP contribution in [0.4, 0.5) is 4.39 Å². The molecule has 0 aliphatic rings. The molecular weight excluding hydrogens is 397 g/mol. The quantitative estimate of drug-likeness (QED) is 0.570. The fourth-order valence-corrected chi connectivity index (χ4v) is 3.75. The molecule has 0 heterocycles. The fraction of sp³-hybridized carbons (Fsp3) is 0.0952. The molecule has 0 fully saturated rings. The van der Waals surface area contributed by atoms with Crippen molar-refractivity contribution in [3.8, 4) is 16.9 Å². The van der Waals surface area contributed by atoms with Crippen LogP contribution in [0.2, 0.25) is 0 Å². The van der Waals surface area contributed by atoms with Crippen molar-refractivity contribution in [2.75, 3.05) is 13.2 Å². The van der Waals surface area contributed by atoms with E-state index in [0.717, 1.165) is 29.3 Å². The van der Waals surface area contributed by atoms with Gasteiger partial charge in [0.15, 0.2) is 0 Å². The molecule has 1 N–H and O–H groups in total. The van der Waals surface area contributed by atoms with E-state index in [1.807, 2.05) is 42.5 Å². The summed E-state index contributed by atoms with van der Waals surface area (Å²) in [5.41, 5.74) is 1.65. The lowest BCUT2D eigenvalue weighted by atomic mass is 10.1. The highest BCUT2D eigenvalue weighted by molar-refractivity contribution is 7.89. The SMILES string of the molecule is O=C([O-])c1ccc(F)c(S(=O)(=O)NCCOc2ccc(-c3ccccc3)cc2)c1. The third-order valence-corrected chi connectivity index (χ3v) is 5.56. The van der Waals surface area contributed by atoms with Gasteiger partial charge in [-0.3, -0.25) is 0 Å². The van der Waals surface area contributed by atoms with E-state index >= 15 is 0 Å². The predicted molar refractivity (Wildman–Crippen MR) is 103 cm³/mol. The van der Waals surface area contributed by atoms with E-state index in [0.29, 0.717) is 5.75 Å². The highest BCUT2D eigenvalue weighted by Gasteiger charge is 2.19. The summed E-state index contributed by atoms with van der Waals surface area (Å²) >= 11 is 0. The Hall–Kier alpha value is -3.23. The van der Waals surface area contributed by atoms with Crippen molar-refractivity contribution >= 4 is 16.0 Å². The number of sulfonamides is 1. The Morgan fingerprint density at radius 1 is 0.966 bits per heavy atom. The van der Waals surface area contributed by atoms with Crippen LogP contribution in [-0.2, 0) is 10.0 Å². The van der Waals surface area contributed by atoms with Gasteiger partial charge in [0.25, 0.3) is 0 Å². The van der Waals surface area contributed by atoms with Crippen LogP contribution in [0.1, 0.15) is 10.4 Å². The molecule has 0 bridgehead atoms. The maximum absolute atomic E-state index is 13.8. The Labute approximate surface area is 167 Å². The zero-order valence-corrected chi connectivity index (χ0v) is 16.0. The lowest BCUT2D eigenvalue weighted by Gasteiger charge is -2.11. The maximum atomic E-state index is 13.8. The van der Waals surface area contributed by atoms with Crippen LogP contribution < -0.4 is 14.6 Å². The molecule has 6 nitrogen and oxygen atoms in total. The second kappa shape index (κ2) is 8.85. The number of ether oxygens (including phenoxy) is 1. The number of carboxylic acid groups (broad SMARTS) is 1. The van der Waals surface area contributed by atoms with Crippen molar-refractivity contribution < 1.29 is 27.4 Å². The van der Waals surface area contributed by atoms with E-state index in [2.05, 4.69) is 4.72 Å². The first-order valence-electron chi connectivity index (χ1n) is 8.66. The van der Waals surface area contributed by atoms with E-state index in [4.69, 9.17) is 4.74 Å². The minimum atomic E-state index is -4.24. The molecule has 0 amide bonds. The number of aromatic carboxylic acids is 1. The van der Waals surface area contributed by atoms with E-state index < -0.39 is 32.3 Å². The average Bonchev–Trinajstić information content (AvgIpc) is 2.72. The third-order valence-electron chi connectivity index (χ3n) is 4.08. The van der Waals surface area contributed by atoms with Crippen LogP contribution in [0.15, 0.2) is 77.7 Å². The van der Waals surface area contributed by atoms with Gasteiger partial charge in [-0.15, -0.1) is 0 Å². The topological polar surface area (TPSA) is 95.5 Å². The lowest BCUT2D eigenvalue weighted by molar-refractivity contribution is -0.255. The molecule has 0 radical (unpaired) electrons. The van der Waals surface area contributed by atoms with Gasteiger partial charge < -0.3 is 14.6 Å². The van der Waals surface area contributed by atoms with Crippen molar-refractivity contribution in [3.05, 3.63) is 84.2 Å². The molecule has 0 spiro atoms. The second-order valence-electron chi connectivity index (χ2n) is 6.07. The average molecular weight is 414 g/mol. The van der Waals surface area contributed by atoms with Crippen molar-refractivity contribution in [1.82, 2.24) is 4.72 Å². The predicted octanol–water partition coefficient (Wildman–Crippen LogP) is 2.21. The summed E-state index contributed by atoms with van der Waals surface area (Å²) in [5, 5.41) is 10.9. The number of carboxylic acids is 1. The fourth-order valence-electron chi connectivity index (χ4n) is 2.63.